The maximum Gasteiger partial charge on any atom is 0.347 e. The van der Waals surface area contributed by atoms with Gasteiger partial charge in [-0.1, -0.05) is 11.2 Å². The average Bonchev–Trinajstić information content (AvgIpc) is 3.80. The summed E-state index contributed by atoms with van der Waals surface area (Å²) in [4.78, 5) is 57.4. The number of aromatic nitrogens is 3. The van der Waals surface area contributed by atoms with Crippen LogP contribution >= 0.6 is 23.1 Å². The summed E-state index contributed by atoms with van der Waals surface area (Å²) in [6.45, 7) is 1.43. The molecule has 0 bridgehead atoms. The summed E-state index contributed by atoms with van der Waals surface area (Å²) in [5.41, 5.74) is 0.972. The molecule has 3 aliphatic rings. The molecule has 0 aromatic carbocycles. The number of anilines is 1. The van der Waals surface area contributed by atoms with Crippen LogP contribution in [0.15, 0.2) is 64.7 Å². The first kappa shape index (κ1) is 29.2. The molecule has 0 aliphatic carbocycles. The number of hydrogen-bond donors (Lipinski definition) is 3. The Bertz CT molecular complexity index is 1660. The summed E-state index contributed by atoms with van der Waals surface area (Å²) in [5.74, 6) is -2.68. The molecule has 6 heterocycles. The van der Waals surface area contributed by atoms with Crippen LogP contribution in [-0.4, -0.2) is 74.9 Å². The Hall–Kier alpha value is -4.90. The van der Waals surface area contributed by atoms with E-state index in [1.165, 1.54) is 24.0 Å². The summed E-state index contributed by atoms with van der Waals surface area (Å²) in [6.07, 6.45) is 4.65. The molecule has 3 aromatic rings. The van der Waals surface area contributed by atoms with E-state index in [1.807, 2.05) is 23.6 Å². The number of esters is 1. The fraction of sp³-hybridized carbons (Fsp3) is 0.296. The number of fused-ring (bicyclic) bond motifs is 2. The Morgan fingerprint density at radius 1 is 1.32 bits per heavy atom. The van der Waals surface area contributed by atoms with Gasteiger partial charge in [0.25, 0.3) is 11.8 Å². The van der Waals surface area contributed by atoms with Crippen LogP contribution in [0.4, 0.5) is 5.69 Å². The van der Waals surface area contributed by atoms with Crippen LogP contribution in [-0.2, 0) is 35.3 Å². The third-order valence-electron chi connectivity index (χ3n) is 6.83. The average molecular weight is 640 g/mol. The van der Waals surface area contributed by atoms with E-state index in [4.69, 9.17) is 14.3 Å². The lowest BCUT2D eigenvalue weighted by atomic mass is 10.0. The SMILES string of the molecule is CCOC(=O)CON=C(C(=O)NC1C(=O)N2C(C(=O)[O-])=C(C[n+]3ccc4c(c3)OC(c3cccs3)N4)CS[C@H]12)c1ccn[nH]1. The highest BCUT2D eigenvalue weighted by Crippen LogP contribution is 2.41. The number of carboxylic acid groups (broad SMARTS) is 1. The number of carboxylic acids is 1. The van der Waals surface area contributed by atoms with E-state index in [2.05, 4.69) is 26.0 Å². The number of H-pyrrole nitrogens is 1. The number of ether oxygens (including phenoxy) is 2. The third-order valence-corrected chi connectivity index (χ3v) is 9.08. The largest absolute Gasteiger partial charge is 0.543 e. The number of β-lactam (4-membered cyclic amide) rings is 1. The van der Waals surface area contributed by atoms with E-state index in [1.54, 1.807) is 35.2 Å². The van der Waals surface area contributed by atoms with Crippen molar-refractivity contribution in [1.82, 2.24) is 20.4 Å². The van der Waals surface area contributed by atoms with Gasteiger partial charge in [0.1, 0.15) is 11.4 Å². The number of aromatic amines is 1. The van der Waals surface area contributed by atoms with Gasteiger partial charge < -0.3 is 34.8 Å². The van der Waals surface area contributed by atoms with Gasteiger partial charge in [-0.25, -0.2) is 4.79 Å². The number of hydrogen-bond acceptors (Lipinski definition) is 13. The van der Waals surface area contributed by atoms with Crippen molar-refractivity contribution < 1.29 is 43.2 Å². The molecule has 0 radical (unpaired) electrons. The zero-order chi connectivity index (χ0) is 30.8. The first-order valence-corrected chi connectivity index (χ1v) is 15.3. The van der Waals surface area contributed by atoms with Crippen molar-refractivity contribution in [3.05, 3.63) is 70.1 Å². The second kappa shape index (κ2) is 12.4. The molecule has 0 spiro atoms. The summed E-state index contributed by atoms with van der Waals surface area (Å²) in [5, 5.41) is 29.6. The molecule has 17 heteroatoms. The predicted octanol–water partition coefficient (Wildman–Crippen LogP) is -0.350. The number of thiophene rings is 1. The molecule has 44 heavy (non-hydrogen) atoms. The van der Waals surface area contributed by atoms with E-state index in [-0.39, 0.29) is 42.2 Å². The molecule has 3 N–H and O–H groups in total. The lowest BCUT2D eigenvalue weighted by molar-refractivity contribution is -0.689. The first-order valence-electron chi connectivity index (χ1n) is 13.4. The molecule has 1 fully saturated rings. The van der Waals surface area contributed by atoms with Crippen LogP contribution in [0.3, 0.4) is 0 Å². The van der Waals surface area contributed by atoms with Gasteiger partial charge in [0.05, 0.1) is 34.5 Å². The van der Waals surface area contributed by atoms with Crippen LogP contribution in [0, 0.1) is 0 Å². The predicted molar refractivity (Wildman–Crippen MR) is 153 cm³/mol. The lowest BCUT2D eigenvalue weighted by Crippen LogP contribution is -2.71. The van der Waals surface area contributed by atoms with Crippen LogP contribution in [0.2, 0.25) is 0 Å². The number of carbonyl (C=O) groups is 4. The van der Waals surface area contributed by atoms with Gasteiger partial charge in [0.15, 0.2) is 18.5 Å². The van der Waals surface area contributed by atoms with Crippen molar-refractivity contribution in [2.45, 2.75) is 31.1 Å². The van der Waals surface area contributed by atoms with Crippen molar-refractivity contribution in [3.8, 4) is 5.75 Å². The van der Waals surface area contributed by atoms with Gasteiger partial charge in [-0.05, 0) is 24.4 Å². The number of nitrogens with zero attached hydrogens (tertiary/aromatic N) is 4. The molecule has 3 aliphatic heterocycles. The molecule has 228 valence electrons. The highest BCUT2D eigenvalue weighted by Gasteiger charge is 2.53. The molecule has 3 atom stereocenters. The van der Waals surface area contributed by atoms with Gasteiger partial charge in [-0.15, -0.1) is 23.1 Å². The summed E-state index contributed by atoms with van der Waals surface area (Å²) in [6, 6.07) is 6.18. The Morgan fingerprint density at radius 3 is 2.91 bits per heavy atom. The molecule has 15 nitrogen and oxygen atoms in total. The maximum atomic E-state index is 13.2. The smallest absolute Gasteiger partial charge is 0.347 e. The van der Waals surface area contributed by atoms with Crippen LogP contribution in [0.1, 0.15) is 23.7 Å². The maximum absolute atomic E-state index is 13.2. The van der Waals surface area contributed by atoms with Crippen molar-refractivity contribution in [1.29, 1.82) is 0 Å². The van der Waals surface area contributed by atoms with E-state index in [0.29, 0.717) is 11.3 Å². The monoisotopic (exact) mass is 639 g/mol. The van der Waals surface area contributed by atoms with Gasteiger partial charge in [0.2, 0.25) is 24.8 Å². The van der Waals surface area contributed by atoms with Crippen LogP contribution in [0.5, 0.6) is 5.75 Å². The van der Waals surface area contributed by atoms with E-state index >= 15 is 0 Å². The highest BCUT2D eigenvalue weighted by atomic mass is 32.2. The minimum absolute atomic E-state index is 0.150. The molecule has 2 unspecified atom stereocenters. The second-order valence-corrected chi connectivity index (χ2v) is 11.7. The van der Waals surface area contributed by atoms with Crippen molar-refractivity contribution >= 4 is 58.3 Å². The number of rotatable bonds is 11. The number of amides is 2. The molecule has 6 rings (SSSR count). The van der Waals surface area contributed by atoms with Crippen LogP contribution < -0.4 is 25.0 Å². The minimum atomic E-state index is -1.49. The molecular formula is C27H25N7O8S2. The Balaban J connectivity index is 1.15. The van der Waals surface area contributed by atoms with Crippen molar-refractivity contribution in [2.24, 2.45) is 5.16 Å². The number of pyridine rings is 1. The molecule has 2 amide bonds. The van der Waals surface area contributed by atoms with Crippen molar-refractivity contribution in [2.75, 3.05) is 24.3 Å². The molecular weight excluding hydrogens is 614 g/mol. The van der Waals surface area contributed by atoms with E-state index < -0.39 is 41.8 Å². The summed E-state index contributed by atoms with van der Waals surface area (Å²) in [7, 11) is 0. The van der Waals surface area contributed by atoms with Gasteiger partial charge >= 0.3 is 5.97 Å². The zero-order valence-electron chi connectivity index (χ0n) is 23.1. The second-order valence-electron chi connectivity index (χ2n) is 9.64. The van der Waals surface area contributed by atoms with Crippen molar-refractivity contribution in [3.63, 3.8) is 0 Å². The number of oxime groups is 1. The fourth-order valence-electron chi connectivity index (χ4n) is 4.87. The standard InChI is InChI=1S/C27H25N7O8S2/c1-2-40-19(35)12-41-32-20(16-5-7-28-31-16)23(36)30-21-25(37)34-22(27(38)39)14(13-44-26(21)34)10-33-8-6-15-17(11-33)42-24(29-15)18-4-3-9-43-18/h3-9,11,21,24,26H,2,10,12-13H2,1H3,(H3,28,30,31,32,36,38,39)/t21?,24?,26-/m1/s1. The summed E-state index contributed by atoms with van der Waals surface area (Å²) >= 11 is 2.88. The normalized spacial score (nSPS) is 20.6. The molecule has 1 saturated heterocycles. The third kappa shape index (κ3) is 5.70. The Kier molecular flexibility index (Phi) is 8.21. The Morgan fingerprint density at radius 2 is 2.18 bits per heavy atom. The van der Waals surface area contributed by atoms with Gasteiger partial charge in [-0.2, -0.15) is 9.67 Å². The quantitative estimate of drug-likeness (QED) is 0.0817. The lowest BCUT2D eigenvalue weighted by Gasteiger charge is -2.50. The minimum Gasteiger partial charge on any atom is -0.543 e. The molecule has 0 saturated carbocycles. The van der Waals surface area contributed by atoms with Gasteiger partial charge in [-0.3, -0.25) is 19.6 Å². The Labute approximate surface area is 257 Å². The van der Waals surface area contributed by atoms with Crippen LogP contribution in [0.25, 0.3) is 0 Å². The topological polar surface area (TPSA) is 191 Å². The number of aliphatic carboxylic acids is 1. The number of thioether (sulfide) groups is 1. The number of carbonyl (C=O) groups excluding carboxylic acids is 4. The summed E-state index contributed by atoms with van der Waals surface area (Å²) < 4.78 is 12.6. The van der Waals surface area contributed by atoms with E-state index in [9.17, 15) is 24.3 Å². The zero-order valence-corrected chi connectivity index (χ0v) is 24.7. The van der Waals surface area contributed by atoms with Gasteiger partial charge in [0, 0.05) is 23.6 Å². The van der Waals surface area contributed by atoms with E-state index in [0.717, 1.165) is 15.5 Å². The fourth-order valence-corrected chi connectivity index (χ4v) is 6.91. The molecule has 3 aromatic heterocycles. The highest BCUT2D eigenvalue weighted by molar-refractivity contribution is 8.00. The first-order chi connectivity index (χ1) is 21.3. The number of nitrogens with one attached hydrogen (secondary N) is 3.